The van der Waals surface area contributed by atoms with E-state index in [9.17, 15) is 9.90 Å². The van der Waals surface area contributed by atoms with Crippen LogP contribution in [0.5, 0.6) is 0 Å². The fourth-order valence-corrected chi connectivity index (χ4v) is 2.63. The summed E-state index contributed by atoms with van der Waals surface area (Å²) in [7, 11) is 1.37. The van der Waals surface area contributed by atoms with Crippen LogP contribution in [0.1, 0.15) is 36.0 Å². The number of pyridine rings is 1. The highest BCUT2D eigenvalue weighted by molar-refractivity contribution is 5.90. The Labute approximate surface area is 113 Å². The minimum atomic E-state index is -0.362. The molecule has 0 amide bonds. The third-order valence-corrected chi connectivity index (χ3v) is 3.57. The number of hydrogen-bond donors (Lipinski definition) is 1. The number of hydrogen-bond acceptors (Lipinski definition) is 5. The molecular formula is C14H20N2O3. The van der Waals surface area contributed by atoms with Crippen LogP contribution in [0, 0.1) is 0 Å². The molecule has 5 nitrogen and oxygen atoms in total. The van der Waals surface area contributed by atoms with Gasteiger partial charge in [0.2, 0.25) is 0 Å². The standard InChI is InChI=1S/C14H20N2O3/c1-19-14(18)11-6-7-15-13(10-11)16(8-9-17)12-4-2-3-5-12/h6-7,10,12,17H,2-5,8-9H2,1H3. The molecule has 104 valence electrons. The molecule has 0 saturated heterocycles. The van der Waals surface area contributed by atoms with Gasteiger partial charge < -0.3 is 14.7 Å². The van der Waals surface area contributed by atoms with Gasteiger partial charge in [0.15, 0.2) is 0 Å². The Morgan fingerprint density at radius 3 is 2.89 bits per heavy atom. The monoisotopic (exact) mass is 264 g/mol. The number of carbonyl (C=O) groups is 1. The Morgan fingerprint density at radius 2 is 2.26 bits per heavy atom. The molecule has 0 aromatic carbocycles. The molecular weight excluding hydrogens is 244 g/mol. The van der Waals surface area contributed by atoms with Gasteiger partial charge >= 0.3 is 5.97 Å². The van der Waals surface area contributed by atoms with E-state index in [1.807, 2.05) is 0 Å². The van der Waals surface area contributed by atoms with E-state index >= 15 is 0 Å². The summed E-state index contributed by atoms with van der Waals surface area (Å²) >= 11 is 0. The van der Waals surface area contributed by atoms with Crippen molar-refractivity contribution < 1.29 is 14.6 Å². The Morgan fingerprint density at radius 1 is 1.53 bits per heavy atom. The van der Waals surface area contributed by atoms with E-state index in [0.717, 1.165) is 18.7 Å². The maximum absolute atomic E-state index is 11.5. The van der Waals surface area contributed by atoms with Crippen molar-refractivity contribution in [1.82, 2.24) is 4.98 Å². The van der Waals surface area contributed by atoms with Gasteiger partial charge in [-0.2, -0.15) is 0 Å². The molecule has 1 N–H and O–H groups in total. The van der Waals surface area contributed by atoms with Crippen molar-refractivity contribution in [2.45, 2.75) is 31.7 Å². The number of aliphatic hydroxyl groups is 1. The zero-order valence-corrected chi connectivity index (χ0v) is 11.2. The fraction of sp³-hybridized carbons (Fsp3) is 0.571. The minimum Gasteiger partial charge on any atom is -0.465 e. The number of carbonyl (C=O) groups excluding carboxylic acids is 1. The molecule has 1 aliphatic rings. The van der Waals surface area contributed by atoms with Gasteiger partial charge in [-0.25, -0.2) is 9.78 Å². The maximum atomic E-state index is 11.5. The molecule has 1 aliphatic carbocycles. The molecule has 1 heterocycles. The summed E-state index contributed by atoms with van der Waals surface area (Å²) < 4.78 is 4.72. The molecule has 0 spiro atoms. The highest BCUT2D eigenvalue weighted by atomic mass is 16.5. The van der Waals surface area contributed by atoms with E-state index in [-0.39, 0.29) is 12.6 Å². The van der Waals surface area contributed by atoms with Crippen LogP contribution in [0.15, 0.2) is 18.3 Å². The van der Waals surface area contributed by atoms with Crippen molar-refractivity contribution in [3.05, 3.63) is 23.9 Å². The van der Waals surface area contributed by atoms with E-state index in [1.54, 1.807) is 18.3 Å². The molecule has 0 aliphatic heterocycles. The van der Waals surface area contributed by atoms with Crippen molar-refractivity contribution >= 4 is 11.8 Å². The van der Waals surface area contributed by atoms with Gasteiger partial charge in [0, 0.05) is 18.8 Å². The van der Waals surface area contributed by atoms with Gasteiger partial charge in [-0.1, -0.05) is 12.8 Å². The van der Waals surface area contributed by atoms with E-state index in [1.165, 1.54) is 20.0 Å². The zero-order chi connectivity index (χ0) is 13.7. The number of methoxy groups -OCH3 is 1. The number of rotatable bonds is 5. The predicted molar refractivity (Wildman–Crippen MR) is 72.3 cm³/mol. The normalized spacial score (nSPS) is 15.5. The molecule has 0 radical (unpaired) electrons. The maximum Gasteiger partial charge on any atom is 0.338 e. The van der Waals surface area contributed by atoms with Crippen LogP contribution in [-0.2, 0) is 4.74 Å². The first-order chi connectivity index (χ1) is 9.26. The number of anilines is 1. The Balaban J connectivity index is 2.22. The molecule has 5 heteroatoms. The summed E-state index contributed by atoms with van der Waals surface area (Å²) in [6.45, 7) is 0.628. The van der Waals surface area contributed by atoms with Crippen molar-refractivity contribution in [2.24, 2.45) is 0 Å². The van der Waals surface area contributed by atoms with E-state index < -0.39 is 0 Å². The third kappa shape index (κ3) is 3.23. The van der Waals surface area contributed by atoms with Crippen LogP contribution in [0.2, 0.25) is 0 Å². The third-order valence-electron chi connectivity index (χ3n) is 3.57. The molecule has 1 fully saturated rings. The van der Waals surface area contributed by atoms with Crippen molar-refractivity contribution in [3.63, 3.8) is 0 Å². The lowest BCUT2D eigenvalue weighted by molar-refractivity contribution is 0.0600. The Hall–Kier alpha value is -1.62. The molecule has 1 aromatic heterocycles. The van der Waals surface area contributed by atoms with Crippen LogP contribution >= 0.6 is 0 Å². The van der Waals surface area contributed by atoms with E-state index in [4.69, 9.17) is 4.74 Å². The van der Waals surface area contributed by atoms with E-state index in [2.05, 4.69) is 9.88 Å². The average Bonchev–Trinajstić information content (AvgIpc) is 2.98. The van der Waals surface area contributed by atoms with Crippen molar-refractivity contribution in [1.29, 1.82) is 0 Å². The minimum absolute atomic E-state index is 0.0840. The number of aromatic nitrogens is 1. The number of esters is 1. The molecule has 0 unspecified atom stereocenters. The molecule has 0 bridgehead atoms. The fourth-order valence-electron chi connectivity index (χ4n) is 2.63. The summed E-state index contributed by atoms with van der Waals surface area (Å²) in [6, 6.07) is 3.79. The van der Waals surface area contributed by atoms with Crippen LogP contribution < -0.4 is 4.90 Å². The largest absolute Gasteiger partial charge is 0.465 e. The second-order valence-electron chi connectivity index (χ2n) is 4.75. The lowest BCUT2D eigenvalue weighted by Crippen LogP contribution is -2.36. The van der Waals surface area contributed by atoms with Gasteiger partial charge in [0.25, 0.3) is 0 Å². The first-order valence-corrected chi connectivity index (χ1v) is 6.68. The smallest absolute Gasteiger partial charge is 0.338 e. The van der Waals surface area contributed by atoms with Crippen LogP contribution in [0.25, 0.3) is 0 Å². The lowest BCUT2D eigenvalue weighted by Gasteiger charge is -2.29. The van der Waals surface area contributed by atoms with Crippen LogP contribution in [0.4, 0.5) is 5.82 Å². The van der Waals surface area contributed by atoms with Crippen LogP contribution in [-0.4, -0.2) is 42.4 Å². The molecule has 1 saturated carbocycles. The summed E-state index contributed by atoms with van der Waals surface area (Å²) in [4.78, 5) is 18.0. The highest BCUT2D eigenvalue weighted by Gasteiger charge is 2.23. The predicted octanol–water partition coefficient (Wildman–Crippen LogP) is 1.61. The average molecular weight is 264 g/mol. The van der Waals surface area contributed by atoms with Gasteiger partial charge in [-0.05, 0) is 25.0 Å². The van der Waals surface area contributed by atoms with Gasteiger partial charge in [-0.3, -0.25) is 0 Å². The summed E-state index contributed by atoms with van der Waals surface area (Å²) in [5.74, 6) is 0.378. The first kappa shape index (κ1) is 13.8. The SMILES string of the molecule is COC(=O)c1ccnc(N(CCO)C2CCCC2)c1. The molecule has 1 aromatic rings. The van der Waals surface area contributed by atoms with Gasteiger partial charge in [-0.15, -0.1) is 0 Å². The molecule has 2 rings (SSSR count). The first-order valence-electron chi connectivity index (χ1n) is 6.68. The number of nitrogens with zero attached hydrogens (tertiary/aromatic N) is 2. The van der Waals surface area contributed by atoms with Crippen molar-refractivity contribution in [3.8, 4) is 0 Å². The number of aliphatic hydroxyl groups excluding tert-OH is 1. The summed E-state index contributed by atoms with van der Waals surface area (Å²) in [5, 5.41) is 9.22. The zero-order valence-electron chi connectivity index (χ0n) is 11.2. The van der Waals surface area contributed by atoms with E-state index in [0.29, 0.717) is 18.2 Å². The van der Waals surface area contributed by atoms with Gasteiger partial charge in [0.05, 0.1) is 19.3 Å². The topological polar surface area (TPSA) is 62.7 Å². The van der Waals surface area contributed by atoms with Gasteiger partial charge in [0.1, 0.15) is 5.82 Å². The quantitative estimate of drug-likeness (QED) is 0.819. The summed E-state index contributed by atoms with van der Waals surface area (Å²) in [5.41, 5.74) is 0.494. The summed E-state index contributed by atoms with van der Waals surface area (Å²) in [6.07, 6.45) is 6.27. The molecule has 0 atom stereocenters. The lowest BCUT2D eigenvalue weighted by atomic mass is 10.2. The Kier molecular flexibility index (Phi) is 4.74. The number of ether oxygens (including phenoxy) is 1. The Bertz CT molecular complexity index is 430. The highest BCUT2D eigenvalue weighted by Crippen LogP contribution is 2.27. The van der Waals surface area contributed by atoms with Crippen LogP contribution in [0.3, 0.4) is 0 Å². The second kappa shape index (κ2) is 6.52. The second-order valence-corrected chi connectivity index (χ2v) is 4.75. The molecule has 19 heavy (non-hydrogen) atoms. The van der Waals surface area contributed by atoms with Crippen molar-refractivity contribution in [2.75, 3.05) is 25.2 Å².